The Hall–Kier alpha value is -0.750. The minimum Gasteiger partial charge on any atom is -0.392 e. The molecule has 0 amide bonds. The molecule has 0 spiro atoms. The average molecular weight is 312 g/mol. The number of benzene rings is 1. The Bertz CT molecular complexity index is 381. The molecule has 0 atom stereocenters. The minimum absolute atomic E-state index is 0.135. The zero-order chi connectivity index (χ0) is 13.1. The highest BCUT2D eigenvalue weighted by Crippen LogP contribution is 2.29. The molecular formula is C11H13BrF3NO. The summed E-state index contributed by atoms with van der Waals surface area (Å²) >= 11 is 3.22. The number of rotatable bonds is 4. The Balaban J connectivity index is 2.96. The van der Waals surface area contributed by atoms with Crippen LogP contribution in [-0.2, 0) is 6.61 Å². The summed E-state index contributed by atoms with van der Waals surface area (Å²) in [7, 11) is 0. The van der Waals surface area contributed by atoms with Gasteiger partial charge in [0.25, 0.3) is 0 Å². The molecule has 2 nitrogen and oxygen atoms in total. The molecule has 0 saturated heterocycles. The van der Waals surface area contributed by atoms with Gasteiger partial charge in [0, 0.05) is 11.0 Å². The summed E-state index contributed by atoms with van der Waals surface area (Å²) in [6.45, 7) is 0.805. The van der Waals surface area contributed by atoms with Gasteiger partial charge in [-0.05, 0) is 40.5 Å². The first-order valence-electron chi connectivity index (χ1n) is 5.08. The normalized spacial score (nSPS) is 11.6. The van der Waals surface area contributed by atoms with E-state index in [0.29, 0.717) is 15.7 Å². The van der Waals surface area contributed by atoms with E-state index in [-0.39, 0.29) is 13.2 Å². The van der Waals surface area contributed by atoms with Gasteiger partial charge in [0.2, 0.25) is 0 Å². The topological polar surface area (TPSA) is 23.5 Å². The number of hydrogen-bond acceptors (Lipinski definition) is 2. The lowest BCUT2D eigenvalue weighted by Crippen LogP contribution is -2.34. The Morgan fingerprint density at radius 1 is 1.35 bits per heavy atom. The van der Waals surface area contributed by atoms with Crippen molar-refractivity contribution in [2.45, 2.75) is 19.7 Å². The summed E-state index contributed by atoms with van der Waals surface area (Å²) in [5.41, 5.74) is 1.13. The van der Waals surface area contributed by atoms with E-state index in [1.807, 2.05) is 0 Å². The molecule has 0 heterocycles. The van der Waals surface area contributed by atoms with Crippen LogP contribution in [0.5, 0.6) is 0 Å². The third-order valence-electron chi connectivity index (χ3n) is 2.29. The van der Waals surface area contributed by atoms with Crippen molar-refractivity contribution in [2.75, 3.05) is 18.0 Å². The Morgan fingerprint density at radius 2 is 2.00 bits per heavy atom. The van der Waals surface area contributed by atoms with Crippen molar-refractivity contribution in [1.82, 2.24) is 0 Å². The van der Waals surface area contributed by atoms with Crippen LogP contribution >= 0.6 is 15.9 Å². The van der Waals surface area contributed by atoms with E-state index in [1.54, 1.807) is 25.1 Å². The second-order valence-corrected chi connectivity index (χ2v) is 4.43. The first-order valence-corrected chi connectivity index (χ1v) is 5.87. The summed E-state index contributed by atoms with van der Waals surface area (Å²) in [4.78, 5) is 1.23. The van der Waals surface area contributed by atoms with Gasteiger partial charge in [-0.2, -0.15) is 13.2 Å². The SMILES string of the molecule is CCN(CC(F)(F)F)c1ccc(CO)cc1Br. The largest absolute Gasteiger partial charge is 0.405 e. The molecule has 1 aromatic rings. The number of hydrogen-bond donors (Lipinski definition) is 1. The van der Waals surface area contributed by atoms with Gasteiger partial charge >= 0.3 is 6.18 Å². The molecule has 0 aromatic heterocycles. The van der Waals surface area contributed by atoms with Gasteiger partial charge in [-0.25, -0.2) is 0 Å². The molecule has 96 valence electrons. The van der Waals surface area contributed by atoms with Crippen molar-refractivity contribution in [1.29, 1.82) is 0 Å². The van der Waals surface area contributed by atoms with Gasteiger partial charge < -0.3 is 10.0 Å². The summed E-state index contributed by atoms with van der Waals surface area (Å²) in [5, 5.41) is 8.92. The molecule has 0 unspecified atom stereocenters. The molecule has 0 aliphatic rings. The summed E-state index contributed by atoms with van der Waals surface area (Å²) in [6, 6.07) is 4.80. The zero-order valence-electron chi connectivity index (χ0n) is 9.26. The Labute approximate surface area is 106 Å². The summed E-state index contributed by atoms with van der Waals surface area (Å²) in [6.07, 6.45) is -4.23. The minimum atomic E-state index is -4.23. The van der Waals surface area contributed by atoms with Crippen molar-refractivity contribution in [3.8, 4) is 0 Å². The summed E-state index contributed by atoms with van der Waals surface area (Å²) in [5.74, 6) is 0. The van der Waals surface area contributed by atoms with Crippen molar-refractivity contribution < 1.29 is 18.3 Å². The lowest BCUT2D eigenvalue weighted by Gasteiger charge is -2.25. The molecule has 1 aromatic carbocycles. The van der Waals surface area contributed by atoms with Crippen molar-refractivity contribution in [3.05, 3.63) is 28.2 Å². The van der Waals surface area contributed by atoms with Crippen LogP contribution in [0.4, 0.5) is 18.9 Å². The molecule has 17 heavy (non-hydrogen) atoms. The third kappa shape index (κ3) is 4.20. The maximum atomic E-state index is 12.4. The van der Waals surface area contributed by atoms with Crippen LogP contribution in [0.25, 0.3) is 0 Å². The molecule has 0 aliphatic carbocycles. The second kappa shape index (κ2) is 5.73. The predicted octanol–water partition coefficient (Wildman–Crippen LogP) is 3.33. The molecule has 6 heteroatoms. The van der Waals surface area contributed by atoms with E-state index in [2.05, 4.69) is 15.9 Å². The van der Waals surface area contributed by atoms with E-state index >= 15 is 0 Å². The smallest absolute Gasteiger partial charge is 0.392 e. The number of nitrogens with zero attached hydrogens (tertiary/aromatic N) is 1. The maximum Gasteiger partial charge on any atom is 0.405 e. The fraction of sp³-hybridized carbons (Fsp3) is 0.455. The highest BCUT2D eigenvalue weighted by Gasteiger charge is 2.30. The molecule has 0 radical (unpaired) electrons. The lowest BCUT2D eigenvalue weighted by molar-refractivity contribution is -0.119. The van der Waals surface area contributed by atoms with E-state index < -0.39 is 12.7 Å². The molecule has 1 N–H and O–H groups in total. The van der Waals surface area contributed by atoms with Crippen LogP contribution in [0.15, 0.2) is 22.7 Å². The highest BCUT2D eigenvalue weighted by atomic mass is 79.9. The molecule has 1 rings (SSSR count). The number of aliphatic hydroxyl groups is 1. The van der Waals surface area contributed by atoms with E-state index in [9.17, 15) is 13.2 Å². The number of anilines is 1. The number of halogens is 4. The van der Waals surface area contributed by atoms with Gasteiger partial charge in [-0.15, -0.1) is 0 Å². The van der Waals surface area contributed by atoms with Crippen LogP contribution < -0.4 is 4.90 Å². The molecular weight excluding hydrogens is 299 g/mol. The van der Waals surface area contributed by atoms with Crippen molar-refractivity contribution >= 4 is 21.6 Å². The van der Waals surface area contributed by atoms with Crippen molar-refractivity contribution in [3.63, 3.8) is 0 Å². The zero-order valence-corrected chi connectivity index (χ0v) is 10.8. The first-order chi connectivity index (χ1) is 7.87. The first kappa shape index (κ1) is 14.3. The number of aliphatic hydroxyl groups excluding tert-OH is 1. The van der Waals surface area contributed by atoms with Crippen LogP contribution in [0.2, 0.25) is 0 Å². The quantitative estimate of drug-likeness (QED) is 0.922. The Morgan fingerprint density at radius 3 is 2.41 bits per heavy atom. The van der Waals surface area contributed by atoms with E-state index in [1.165, 1.54) is 4.90 Å². The van der Waals surface area contributed by atoms with Crippen LogP contribution in [0.1, 0.15) is 12.5 Å². The standard InChI is InChI=1S/C11H13BrF3NO/c1-2-16(7-11(13,14)15)10-4-3-8(6-17)5-9(10)12/h3-5,17H,2,6-7H2,1H3. The molecule has 0 saturated carbocycles. The van der Waals surface area contributed by atoms with Gasteiger partial charge in [0.1, 0.15) is 6.54 Å². The van der Waals surface area contributed by atoms with Gasteiger partial charge in [0.15, 0.2) is 0 Å². The predicted molar refractivity (Wildman–Crippen MR) is 64.0 cm³/mol. The third-order valence-corrected chi connectivity index (χ3v) is 2.92. The highest BCUT2D eigenvalue weighted by molar-refractivity contribution is 9.10. The van der Waals surface area contributed by atoms with Gasteiger partial charge in [-0.3, -0.25) is 0 Å². The fourth-order valence-electron chi connectivity index (χ4n) is 1.49. The summed E-state index contributed by atoms with van der Waals surface area (Å²) < 4.78 is 37.6. The van der Waals surface area contributed by atoms with Gasteiger partial charge in [0.05, 0.1) is 12.3 Å². The molecule has 0 bridgehead atoms. The fourth-order valence-corrected chi connectivity index (χ4v) is 2.17. The monoisotopic (exact) mass is 311 g/mol. The lowest BCUT2D eigenvalue weighted by atomic mass is 10.2. The van der Waals surface area contributed by atoms with Crippen LogP contribution in [0, 0.1) is 0 Å². The van der Waals surface area contributed by atoms with E-state index in [4.69, 9.17) is 5.11 Å². The van der Waals surface area contributed by atoms with Crippen molar-refractivity contribution in [2.24, 2.45) is 0 Å². The molecule has 0 aliphatic heterocycles. The van der Waals surface area contributed by atoms with E-state index in [0.717, 1.165) is 0 Å². The van der Waals surface area contributed by atoms with Crippen LogP contribution in [0.3, 0.4) is 0 Å². The number of alkyl halides is 3. The maximum absolute atomic E-state index is 12.4. The van der Waals surface area contributed by atoms with Crippen LogP contribution in [-0.4, -0.2) is 24.4 Å². The molecule has 0 fully saturated rings. The Kier molecular flexibility index (Phi) is 4.82. The second-order valence-electron chi connectivity index (χ2n) is 3.57. The average Bonchev–Trinajstić information content (AvgIpc) is 2.24. The van der Waals surface area contributed by atoms with Gasteiger partial charge in [-0.1, -0.05) is 6.07 Å².